The van der Waals surface area contributed by atoms with E-state index >= 15 is 0 Å². The van der Waals surface area contributed by atoms with Gasteiger partial charge in [-0.2, -0.15) is 0 Å². The fourth-order valence-corrected chi connectivity index (χ4v) is 3.90. The summed E-state index contributed by atoms with van der Waals surface area (Å²) in [5.74, 6) is 1.95. The summed E-state index contributed by atoms with van der Waals surface area (Å²) in [5.41, 5.74) is 2.03. The molecular formula is C26H38O4. The van der Waals surface area contributed by atoms with E-state index in [2.05, 4.69) is 26.8 Å². The minimum absolute atomic E-state index is 0.125. The highest BCUT2D eigenvalue weighted by Gasteiger charge is 2.32. The molecule has 0 spiro atoms. The number of unbranched alkanes of at least 4 members (excludes halogenated alkanes) is 3. The van der Waals surface area contributed by atoms with Crippen molar-refractivity contribution >= 4 is 17.8 Å². The van der Waals surface area contributed by atoms with Crippen molar-refractivity contribution in [3.05, 3.63) is 35.4 Å². The van der Waals surface area contributed by atoms with Crippen LogP contribution in [0, 0.1) is 17.8 Å². The van der Waals surface area contributed by atoms with Gasteiger partial charge >= 0.3 is 5.97 Å². The van der Waals surface area contributed by atoms with Gasteiger partial charge in [-0.3, -0.25) is 9.59 Å². The van der Waals surface area contributed by atoms with Gasteiger partial charge in [0.25, 0.3) is 0 Å². The number of rotatable bonds is 11. The molecule has 0 saturated heterocycles. The SMILES string of the molecule is CCC(=O)OCCCCCCOc1ccc(/C=C2\C(=O)[C@H](C(C)C)CC[C@H]2C)cc1. The number of esters is 1. The Morgan fingerprint density at radius 1 is 1.07 bits per heavy atom. The first-order valence-corrected chi connectivity index (χ1v) is 11.6. The highest BCUT2D eigenvalue weighted by molar-refractivity contribution is 6.02. The topological polar surface area (TPSA) is 52.6 Å². The molecule has 0 N–H and O–H groups in total. The summed E-state index contributed by atoms with van der Waals surface area (Å²) >= 11 is 0. The fraction of sp³-hybridized carbons (Fsp3) is 0.615. The highest BCUT2D eigenvalue weighted by Crippen LogP contribution is 2.35. The van der Waals surface area contributed by atoms with Crippen LogP contribution in [-0.4, -0.2) is 25.0 Å². The van der Waals surface area contributed by atoms with Crippen LogP contribution in [0.3, 0.4) is 0 Å². The van der Waals surface area contributed by atoms with E-state index in [9.17, 15) is 9.59 Å². The third-order valence-corrected chi connectivity index (χ3v) is 5.93. The smallest absolute Gasteiger partial charge is 0.305 e. The summed E-state index contributed by atoms with van der Waals surface area (Å²) < 4.78 is 10.9. The normalized spacial score (nSPS) is 20.6. The van der Waals surface area contributed by atoms with E-state index in [1.165, 1.54) is 0 Å². The molecule has 2 atom stereocenters. The van der Waals surface area contributed by atoms with Gasteiger partial charge < -0.3 is 9.47 Å². The second-order valence-corrected chi connectivity index (χ2v) is 8.70. The first kappa shape index (κ1) is 24.2. The van der Waals surface area contributed by atoms with Gasteiger partial charge in [0.05, 0.1) is 13.2 Å². The predicted octanol–water partition coefficient (Wildman–Crippen LogP) is 6.23. The van der Waals surface area contributed by atoms with E-state index < -0.39 is 0 Å². The Bertz CT molecular complexity index is 702. The van der Waals surface area contributed by atoms with Crippen LogP contribution < -0.4 is 4.74 Å². The average Bonchev–Trinajstić information content (AvgIpc) is 2.73. The second-order valence-electron chi connectivity index (χ2n) is 8.70. The van der Waals surface area contributed by atoms with Gasteiger partial charge in [0.15, 0.2) is 5.78 Å². The number of Topliss-reactive ketones (excluding diaryl/α,β-unsaturated/α-hetero) is 1. The number of carbonyl (C=O) groups is 2. The number of ketones is 1. The van der Waals surface area contributed by atoms with Crippen molar-refractivity contribution in [1.29, 1.82) is 0 Å². The Labute approximate surface area is 182 Å². The van der Waals surface area contributed by atoms with E-state index in [4.69, 9.17) is 9.47 Å². The lowest BCUT2D eigenvalue weighted by atomic mass is 9.73. The molecule has 0 bridgehead atoms. The van der Waals surface area contributed by atoms with Crippen molar-refractivity contribution in [3.63, 3.8) is 0 Å². The Kier molecular flexibility index (Phi) is 10.1. The summed E-state index contributed by atoms with van der Waals surface area (Å²) in [5, 5.41) is 0. The molecule has 0 amide bonds. The van der Waals surface area contributed by atoms with Crippen LogP contribution in [0.5, 0.6) is 5.75 Å². The van der Waals surface area contributed by atoms with Crippen LogP contribution >= 0.6 is 0 Å². The predicted molar refractivity (Wildman–Crippen MR) is 121 cm³/mol. The van der Waals surface area contributed by atoms with E-state index in [0.717, 1.165) is 55.4 Å². The molecular weight excluding hydrogens is 376 g/mol. The van der Waals surface area contributed by atoms with Crippen LogP contribution in [0.2, 0.25) is 0 Å². The van der Waals surface area contributed by atoms with Crippen molar-refractivity contribution < 1.29 is 19.1 Å². The van der Waals surface area contributed by atoms with Gasteiger partial charge in [-0.15, -0.1) is 0 Å². The third kappa shape index (κ3) is 7.62. The molecule has 0 aromatic heterocycles. The highest BCUT2D eigenvalue weighted by atomic mass is 16.5. The monoisotopic (exact) mass is 414 g/mol. The molecule has 0 heterocycles. The molecule has 166 valence electrons. The molecule has 0 unspecified atom stereocenters. The van der Waals surface area contributed by atoms with Crippen molar-refractivity contribution in [2.24, 2.45) is 17.8 Å². The Balaban J connectivity index is 1.75. The standard InChI is InChI=1S/C26H38O4/c1-5-25(27)30-17-9-7-6-8-16-29-22-13-11-21(12-14-22)18-24-20(4)10-15-23(19(2)3)26(24)28/h11-14,18-20,23H,5-10,15-17H2,1-4H3/b24-18-/t20-,23+/m1/s1. The molecule has 4 heteroatoms. The molecule has 1 saturated carbocycles. The maximum absolute atomic E-state index is 12.8. The van der Waals surface area contributed by atoms with E-state index in [1.54, 1.807) is 6.92 Å². The van der Waals surface area contributed by atoms with Gasteiger partial charge in [0.2, 0.25) is 0 Å². The number of hydrogen-bond acceptors (Lipinski definition) is 4. The largest absolute Gasteiger partial charge is 0.494 e. The molecule has 1 aliphatic carbocycles. The maximum atomic E-state index is 12.8. The minimum atomic E-state index is -0.125. The van der Waals surface area contributed by atoms with Crippen LogP contribution in [-0.2, 0) is 14.3 Å². The zero-order valence-electron chi connectivity index (χ0n) is 19.1. The lowest BCUT2D eigenvalue weighted by molar-refractivity contribution is -0.143. The summed E-state index contributed by atoms with van der Waals surface area (Å²) in [6.45, 7) is 9.45. The molecule has 30 heavy (non-hydrogen) atoms. The van der Waals surface area contributed by atoms with E-state index in [1.807, 2.05) is 24.3 Å². The Morgan fingerprint density at radius 3 is 2.37 bits per heavy atom. The summed E-state index contributed by atoms with van der Waals surface area (Å²) in [7, 11) is 0. The number of ether oxygens (including phenoxy) is 2. The molecule has 1 fully saturated rings. The lowest BCUT2D eigenvalue weighted by Crippen LogP contribution is -2.30. The molecule has 1 aromatic rings. The number of benzene rings is 1. The zero-order chi connectivity index (χ0) is 21.9. The van der Waals surface area contributed by atoms with Gasteiger partial charge in [0.1, 0.15) is 5.75 Å². The van der Waals surface area contributed by atoms with Gasteiger partial charge in [-0.1, -0.05) is 39.8 Å². The Morgan fingerprint density at radius 2 is 1.73 bits per heavy atom. The molecule has 0 radical (unpaired) electrons. The number of allylic oxidation sites excluding steroid dienone is 1. The lowest BCUT2D eigenvalue weighted by Gasteiger charge is -2.30. The minimum Gasteiger partial charge on any atom is -0.494 e. The summed E-state index contributed by atoms with van der Waals surface area (Å²) in [4.78, 5) is 23.9. The number of carbonyl (C=O) groups excluding carboxylic acids is 2. The van der Waals surface area contributed by atoms with Crippen molar-refractivity contribution in [3.8, 4) is 5.75 Å². The van der Waals surface area contributed by atoms with Crippen molar-refractivity contribution in [2.75, 3.05) is 13.2 Å². The number of hydrogen-bond donors (Lipinski definition) is 0. The van der Waals surface area contributed by atoms with E-state index in [-0.39, 0.29) is 11.9 Å². The maximum Gasteiger partial charge on any atom is 0.305 e. The Hall–Kier alpha value is -2.10. The summed E-state index contributed by atoms with van der Waals surface area (Å²) in [6.07, 6.45) is 8.59. The quantitative estimate of drug-likeness (QED) is 0.244. The van der Waals surface area contributed by atoms with Crippen LogP contribution in [0.4, 0.5) is 0 Å². The van der Waals surface area contributed by atoms with E-state index in [0.29, 0.717) is 37.3 Å². The molecule has 2 rings (SSSR count). The van der Waals surface area contributed by atoms with Gasteiger partial charge in [0, 0.05) is 12.3 Å². The first-order valence-electron chi connectivity index (χ1n) is 11.6. The van der Waals surface area contributed by atoms with Crippen LogP contribution in [0.1, 0.15) is 78.2 Å². The van der Waals surface area contributed by atoms with Gasteiger partial charge in [-0.05, 0) is 79.7 Å². The zero-order valence-corrected chi connectivity index (χ0v) is 19.1. The first-order chi connectivity index (χ1) is 14.4. The average molecular weight is 415 g/mol. The molecule has 1 aromatic carbocycles. The molecule has 1 aliphatic rings. The molecule has 0 aliphatic heterocycles. The van der Waals surface area contributed by atoms with Crippen molar-refractivity contribution in [2.45, 2.75) is 72.6 Å². The van der Waals surface area contributed by atoms with Crippen LogP contribution in [0.15, 0.2) is 29.8 Å². The van der Waals surface area contributed by atoms with Gasteiger partial charge in [-0.25, -0.2) is 0 Å². The third-order valence-electron chi connectivity index (χ3n) is 5.93. The molecule has 4 nitrogen and oxygen atoms in total. The van der Waals surface area contributed by atoms with Crippen LogP contribution in [0.25, 0.3) is 6.08 Å². The second kappa shape index (κ2) is 12.6. The summed E-state index contributed by atoms with van der Waals surface area (Å²) in [6, 6.07) is 8.02. The fourth-order valence-electron chi connectivity index (χ4n) is 3.90. The van der Waals surface area contributed by atoms with Crippen molar-refractivity contribution in [1.82, 2.24) is 0 Å².